The molecule has 5 nitrogen and oxygen atoms in total. The summed E-state index contributed by atoms with van der Waals surface area (Å²) in [5.74, 6) is -0.312. The van der Waals surface area contributed by atoms with Crippen LogP contribution >= 0.6 is 0 Å². The second kappa shape index (κ2) is 8.74. The minimum atomic E-state index is -0.551. The van der Waals surface area contributed by atoms with E-state index in [1.807, 2.05) is 97.4 Å². The van der Waals surface area contributed by atoms with Crippen molar-refractivity contribution in [3.05, 3.63) is 113 Å². The fourth-order valence-corrected chi connectivity index (χ4v) is 3.53. The van der Waals surface area contributed by atoms with Crippen LogP contribution in [0.25, 0.3) is 5.69 Å². The van der Waals surface area contributed by atoms with Gasteiger partial charge in [-0.25, -0.2) is 4.68 Å². The summed E-state index contributed by atoms with van der Waals surface area (Å²) in [6.07, 6.45) is 1.31. The maximum Gasteiger partial charge on any atom is 0.311 e. The normalized spacial score (nSPS) is 11.8. The first-order chi connectivity index (χ1) is 14.6. The molecule has 2 heterocycles. The van der Waals surface area contributed by atoms with Crippen molar-refractivity contribution in [2.24, 2.45) is 0 Å². The monoisotopic (exact) mass is 397 g/mol. The Balaban J connectivity index is 1.58. The molecule has 2 aromatic heterocycles. The molecule has 4 rings (SSSR count). The van der Waals surface area contributed by atoms with Crippen molar-refractivity contribution >= 4 is 5.97 Å². The van der Waals surface area contributed by atoms with E-state index in [-0.39, 0.29) is 12.4 Å². The topological polar surface area (TPSA) is 57.0 Å². The van der Waals surface area contributed by atoms with Crippen molar-refractivity contribution in [3.63, 3.8) is 0 Å². The number of pyridine rings is 1. The van der Waals surface area contributed by atoms with Crippen molar-refractivity contribution < 1.29 is 9.53 Å². The zero-order valence-electron chi connectivity index (χ0n) is 17.0. The third-order valence-corrected chi connectivity index (χ3v) is 5.07. The van der Waals surface area contributed by atoms with Crippen LogP contribution in [-0.4, -0.2) is 20.7 Å². The summed E-state index contributed by atoms with van der Waals surface area (Å²) in [6, 6.07) is 25.2. The van der Waals surface area contributed by atoms with Crippen LogP contribution < -0.4 is 0 Å². The quantitative estimate of drug-likeness (QED) is 0.440. The van der Waals surface area contributed by atoms with Crippen molar-refractivity contribution in [2.75, 3.05) is 0 Å². The van der Waals surface area contributed by atoms with E-state index in [2.05, 4.69) is 10.1 Å². The van der Waals surface area contributed by atoms with Gasteiger partial charge in [0.15, 0.2) is 6.10 Å². The maximum atomic E-state index is 12.9. The average Bonchev–Trinajstić information content (AvgIpc) is 3.07. The van der Waals surface area contributed by atoms with E-state index in [4.69, 9.17) is 4.74 Å². The van der Waals surface area contributed by atoms with Crippen LogP contribution in [0, 0.1) is 13.8 Å². The first-order valence-corrected chi connectivity index (χ1v) is 9.89. The number of hydrogen-bond donors (Lipinski definition) is 0. The van der Waals surface area contributed by atoms with Gasteiger partial charge in [0.05, 0.1) is 23.5 Å². The molecule has 2 aromatic carbocycles. The number of nitrogens with zero attached hydrogens (tertiary/aromatic N) is 3. The second-order valence-corrected chi connectivity index (χ2v) is 7.11. The molecule has 150 valence electrons. The molecule has 0 aliphatic heterocycles. The summed E-state index contributed by atoms with van der Waals surface area (Å²) in [4.78, 5) is 17.3. The summed E-state index contributed by atoms with van der Waals surface area (Å²) < 4.78 is 7.78. The number of esters is 1. The van der Waals surface area contributed by atoms with Gasteiger partial charge in [0.2, 0.25) is 0 Å². The Bertz CT molecular complexity index is 1080. The van der Waals surface area contributed by atoms with Crippen LogP contribution in [0.5, 0.6) is 0 Å². The van der Waals surface area contributed by atoms with E-state index in [1.165, 1.54) is 0 Å². The molecule has 0 N–H and O–H groups in total. The Morgan fingerprint density at radius 1 is 0.933 bits per heavy atom. The summed E-state index contributed by atoms with van der Waals surface area (Å²) in [5, 5.41) is 4.63. The zero-order chi connectivity index (χ0) is 20.9. The highest BCUT2D eigenvalue weighted by Gasteiger charge is 2.22. The number of aromatic nitrogens is 3. The Morgan fingerprint density at radius 2 is 1.60 bits per heavy atom. The van der Waals surface area contributed by atoms with Gasteiger partial charge in [0, 0.05) is 17.5 Å². The van der Waals surface area contributed by atoms with Crippen LogP contribution in [0.2, 0.25) is 0 Å². The number of para-hydroxylation sites is 1. The predicted molar refractivity (Wildman–Crippen MR) is 115 cm³/mol. The van der Waals surface area contributed by atoms with E-state index in [9.17, 15) is 4.79 Å². The average molecular weight is 397 g/mol. The largest absolute Gasteiger partial charge is 0.451 e. The van der Waals surface area contributed by atoms with Crippen molar-refractivity contribution in [1.82, 2.24) is 14.8 Å². The number of rotatable bonds is 6. The Hall–Kier alpha value is -3.73. The second-order valence-electron chi connectivity index (χ2n) is 7.11. The van der Waals surface area contributed by atoms with Gasteiger partial charge in [-0.2, -0.15) is 5.10 Å². The lowest BCUT2D eigenvalue weighted by atomic mass is 10.1. The summed E-state index contributed by atoms with van der Waals surface area (Å²) in [6.45, 7) is 3.89. The van der Waals surface area contributed by atoms with Crippen LogP contribution in [0.15, 0.2) is 85.1 Å². The van der Waals surface area contributed by atoms with Gasteiger partial charge in [-0.1, -0.05) is 54.6 Å². The molecule has 30 heavy (non-hydrogen) atoms. The molecular formula is C25H23N3O2. The van der Waals surface area contributed by atoms with Gasteiger partial charge < -0.3 is 4.74 Å². The molecule has 0 amide bonds. The summed E-state index contributed by atoms with van der Waals surface area (Å²) >= 11 is 0. The first kappa shape index (κ1) is 19.6. The van der Waals surface area contributed by atoms with Gasteiger partial charge in [0.25, 0.3) is 0 Å². The Morgan fingerprint density at radius 3 is 2.27 bits per heavy atom. The minimum absolute atomic E-state index is 0.153. The van der Waals surface area contributed by atoms with Crippen LogP contribution in [0.1, 0.15) is 34.3 Å². The lowest BCUT2D eigenvalue weighted by Crippen LogP contribution is -2.16. The zero-order valence-corrected chi connectivity index (χ0v) is 17.0. The Kier molecular flexibility index (Phi) is 5.70. The highest BCUT2D eigenvalue weighted by atomic mass is 16.5. The van der Waals surface area contributed by atoms with Gasteiger partial charge >= 0.3 is 5.97 Å². The number of aryl methyl sites for hydroxylation is 1. The maximum absolute atomic E-state index is 12.9. The lowest BCUT2D eigenvalue weighted by molar-refractivity contribution is -0.146. The molecular weight excluding hydrogens is 374 g/mol. The van der Waals surface area contributed by atoms with E-state index < -0.39 is 6.10 Å². The number of ether oxygens (including phenoxy) is 1. The lowest BCUT2D eigenvalue weighted by Gasteiger charge is -2.18. The third-order valence-electron chi connectivity index (χ3n) is 5.07. The fourth-order valence-electron chi connectivity index (χ4n) is 3.53. The molecule has 1 atom stereocenters. The predicted octanol–water partition coefficient (Wildman–Crippen LogP) is 4.76. The fraction of sp³-hybridized carbons (Fsp3) is 0.160. The van der Waals surface area contributed by atoms with Crippen molar-refractivity contribution in [1.29, 1.82) is 0 Å². The van der Waals surface area contributed by atoms with E-state index in [1.54, 1.807) is 6.20 Å². The van der Waals surface area contributed by atoms with Crippen LogP contribution in [-0.2, 0) is 16.0 Å². The number of carbonyl (C=O) groups excluding carboxylic acids is 1. The van der Waals surface area contributed by atoms with Crippen molar-refractivity contribution in [2.45, 2.75) is 26.4 Å². The molecule has 0 spiro atoms. The summed E-state index contributed by atoms with van der Waals surface area (Å²) in [7, 11) is 0. The molecule has 0 fully saturated rings. The third kappa shape index (κ3) is 4.15. The number of carbonyl (C=O) groups is 1. The smallest absolute Gasteiger partial charge is 0.311 e. The molecule has 0 radical (unpaired) electrons. The van der Waals surface area contributed by atoms with Gasteiger partial charge in [-0.05, 0) is 43.7 Å². The van der Waals surface area contributed by atoms with Gasteiger partial charge in [-0.15, -0.1) is 0 Å². The molecule has 0 aliphatic carbocycles. The molecule has 0 saturated carbocycles. The molecule has 0 bridgehead atoms. The first-order valence-electron chi connectivity index (χ1n) is 9.89. The highest BCUT2D eigenvalue weighted by molar-refractivity contribution is 5.74. The van der Waals surface area contributed by atoms with Crippen molar-refractivity contribution in [3.8, 4) is 5.69 Å². The molecule has 4 aromatic rings. The SMILES string of the molecule is Cc1nn(-c2ccccc2)c(C)c1CC(=O)OC(c1ccccc1)c1ccccn1. The van der Waals surface area contributed by atoms with E-state index in [0.29, 0.717) is 5.69 Å². The highest BCUT2D eigenvalue weighted by Crippen LogP contribution is 2.26. The Labute approximate surface area is 176 Å². The molecule has 5 heteroatoms. The molecule has 0 aliphatic rings. The number of benzene rings is 2. The van der Waals surface area contributed by atoms with Gasteiger partial charge in [-0.3, -0.25) is 9.78 Å². The van der Waals surface area contributed by atoms with Crippen LogP contribution in [0.4, 0.5) is 0 Å². The molecule has 0 saturated heterocycles. The van der Waals surface area contributed by atoms with Gasteiger partial charge in [0.1, 0.15) is 0 Å². The van der Waals surface area contributed by atoms with E-state index >= 15 is 0 Å². The van der Waals surface area contributed by atoms with E-state index in [0.717, 1.165) is 28.2 Å². The number of hydrogen-bond acceptors (Lipinski definition) is 4. The molecule has 1 unspecified atom stereocenters. The standard InChI is InChI=1S/C25H23N3O2/c1-18-22(19(2)28(27-18)21-13-7-4-8-14-21)17-24(29)30-25(20-11-5-3-6-12-20)23-15-9-10-16-26-23/h3-16,25H,17H2,1-2H3. The minimum Gasteiger partial charge on any atom is -0.451 e. The summed E-state index contributed by atoms with van der Waals surface area (Å²) in [5.41, 5.74) is 5.20. The van der Waals surface area contributed by atoms with Crippen LogP contribution in [0.3, 0.4) is 0 Å².